The molecular weight excluding hydrogens is 200 g/mol. The van der Waals surface area contributed by atoms with Gasteiger partial charge in [0.05, 0.1) is 0 Å². The SMILES string of the molecule is CN1CCc2c1ccc(CC(C)(C)N)c2O. The molecule has 0 saturated heterocycles. The van der Waals surface area contributed by atoms with E-state index in [1.54, 1.807) is 0 Å². The zero-order valence-corrected chi connectivity index (χ0v) is 10.2. The smallest absolute Gasteiger partial charge is 0.124 e. The number of hydrogen-bond acceptors (Lipinski definition) is 3. The average molecular weight is 220 g/mol. The van der Waals surface area contributed by atoms with Gasteiger partial charge in [-0.2, -0.15) is 0 Å². The fourth-order valence-corrected chi connectivity index (χ4v) is 2.31. The molecule has 88 valence electrons. The van der Waals surface area contributed by atoms with Crippen LogP contribution in [0, 0.1) is 0 Å². The highest BCUT2D eigenvalue weighted by Gasteiger charge is 2.23. The monoisotopic (exact) mass is 220 g/mol. The van der Waals surface area contributed by atoms with Crippen LogP contribution in [0.2, 0.25) is 0 Å². The van der Waals surface area contributed by atoms with Gasteiger partial charge < -0.3 is 15.7 Å². The van der Waals surface area contributed by atoms with Crippen LogP contribution >= 0.6 is 0 Å². The lowest BCUT2D eigenvalue weighted by molar-refractivity contribution is 0.446. The lowest BCUT2D eigenvalue weighted by atomic mass is 9.93. The van der Waals surface area contributed by atoms with Gasteiger partial charge in [-0.3, -0.25) is 0 Å². The predicted octanol–water partition coefficient (Wildman–Crippen LogP) is 1.66. The van der Waals surface area contributed by atoms with E-state index in [-0.39, 0.29) is 5.54 Å². The van der Waals surface area contributed by atoms with Crippen LogP contribution in [0.3, 0.4) is 0 Å². The van der Waals surface area contributed by atoms with E-state index in [1.165, 1.54) is 0 Å². The molecule has 0 fully saturated rings. The summed E-state index contributed by atoms with van der Waals surface area (Å²) in [6, 6.07) is 4.08. The zero-order chi connectivity index (χ0) is 11.9. The Labute approximate surface area is 96.9 Å². The number of fused-ring (bicyclic) bond motifs is 1. The molecule has 1 aromatic carbocycles. The molecule has 3 nitrogen and oxygen atoms in total. The van der Waals surface area contributed by atoms with Gasteiger partial charge in [-0.1, -0.05) is 6.07 Å². The minimum Gasteiger partial charge on any atom is -0.507 e. The van der Waals surface area contributed by atoms with Crippen molar-refractivity contribution in [3.05, 3.63) is 23.3 Å². The van der Waals surface area contributed by atoms with Crippen LogP contribution in [-0.4, -0.2) is 24.2 Å². The van der Waals surface area contributed by atoms with Crippen molar-refractivity contribution < 1.29 is 5.11 Å². The van der Waals surface area contributed by atoms with Crippen molar-refractivity contribution in [2.75, 3.05) is 18.5 Å². The van der Waals surface area contributed by atoms with Crippen molar-refractivity contribution in [1.29, 1.82) is 0 Å². The maximum Gasteiger partial charge on any atom is 0.124 e. The second-order valence-corrected chi connectivity index (χ2v) is 5.41. The van der Waals surface area contributed by atoms with Crippen molar-refractivity contribution >= 4 is 5.69 Å². The number of anilines is 1. The Kier molecular flexibility index (Phi) is 2.58. The molecule has 1 aromatic rings. The predicted molar refractivity (Wildman–Crippen MR) is 67.1 cm³/mol. The molecule has 0 radical (unpaired) electrons. The first-order valence-corrected chi connectivity index (χ1v) is 5.72. The van der Waals surface area contributed by atoms with Crippen LogP contribution in [-0.2, 0) is 12.8 Å². The number of phenols is 1. The van der Waals surface area contributed by atoms with Crippen molar-refractivity contribution in [3.63, 3.8) is 0 Å². The van der Waals surface area contributed by atoms with E-state index in [4.69, 9.17) is 5.73 Å². The molecule has 0 aliphatic carbocycles. The van der Waals surface area contributed by atoms with E-state index in [0.29, 0.717) is 12.2 Å². The number of nitrogens with zero attached hydrogens (tertiary/aromatic N) is 1. The quantitative estimate of drug-likeness (QED) is 0.797. The van der Waals surface area contributed by atoms with E-state index in [0.717, 1.165) is 29.8 Å². The second kappa shape index (κ2) is 3.67. The summed E-state index contributed by atoms with van der Waals surface area (Å²) in [5.41, 5.74) is 8.89. The summed E-state index contributed by atoms with van der Waals surface area (Å²) in [6.07, 6.45) is 1.63. The summed E-state index contributed by atoms with van der Waals surface area (Å²) in [4.78, 5) is 2.17. The van der Waals surface area contributed by atoms with Crippen LogP contribution in [0.25, 0.3) is 0 Å². The number of nitrogens with two attached hydrogens (primary N) is 1. The molecule has 0 saturated carbocycles. The minimum atomic E-state index is -0.282. The molecule has 1 heterocycles. The van der Waals surface area contributed by atoms with Gasteiger partial charge in [0, 0.05) is 30.4 Å². The van der Waals surface area contributed by atoms with Gasteiger partial charge in [0.25, 0.3) is 0 Å². The molecule has 0 atom stereocenters. The minimum absolute atomic E-state index is 0.282. The van der Waals surface area contributed by atoms with Crippen LogP contribution in [0.15, 0.2) is 12.1 Å². The van der Waals surface area contributed by atoms with Gasteiger partial charge >= 0.3 is 0 Å². The third-order valence-electron chi connectivity index (χ3n) is 3.10. The number of aromatic hydroxyl groups is 1. The Hall–Kier alpha value is -1.22. The van der Waals surface area contributed by atoms with Crippen molar-refractivity contribution in [2.24, 2.45) is 5.73 Å². The summed E-state index contributed by atoms with van der Waals surface area (Å²) in [5.74, 6) is 0.445. The molecule has 1 aliphatic rings. The molecular formula is C13H20N2O. The molecule has 0 amide bonds. The molecule has 1 aliphatic heterocycles. The highest BCUT2D eigenvalue weighted by Crippen LogP contribution is 2.37. The van der Waals surface area contributed by atoms with E-state index in [9.17, 15) is 5.11 Å². The number of rotatable bonds is 2. The van der Waals surface area contributed by atoms with E-state index >= 15 is 0 Å². The summed E-state index contributed by atoms with van der Waals surface area (Å²) in [7, 11) is 2.05. The van der Waals surface area contributed by atoms with E-state index in [2.05, 4.69) is 18.0 Å². The van der Waals surface area contributed by atoms with Gasteiger partial charge in [0.15, 0.2) is 0 Å². The Balaban J connectivity index is 2.37. The topological polar surface area (TPSA) is 49.5 Å². The molecule has 0 bridgehead atoms. The standard InChI is InChI=1S/C13H20N2O/c1-13(2,14)8-9-4-5-11-10(12(9)16)6-7-15(11)3/h4-5,16H,6-8,14H2,1-3H3. The van der Waals surface area contributed by atoms with E-state index in [1.807, 2.05) is 19.9 Å². The van der Waals surface area contributed by atoms with Crippen LogP contribution in [0.1, 0.15) is 25.0 Å². The van der Waals surface area contributed by atoms with Crippen LogP contribution < -0.4 is 10.6 Å². The zero-order valence-electron chi connectivity index (χ0n) is 10.2. The van der Waals surface area contributed by atoms with Crippen molar-refractivity contribution in [1.82, 2.24) is 0 Å². The van der Waals surface area contributed by atoms with Crippen LogP contribution in [0.4, 0.5) is 5.69 Å². The van der Waals surface area contributed by atoms with Gasteiger partial charge in [0.2, 0.25) is 0 Å². The van der Waals surface area contributed by atoms with Crippen molar-refractivity contribution in [2.45, 2.75) is 32.2 Å². The van der Waals surface area contributed by atoms with Crippen molar-refractivity contribution in [3.8, 4) is 5.75 Å². The molecule has 3 N–H and O–H groups in total. The fourth-order valence-electron chi connectivity index (χ4n) is 2.31. The second-order valence-electron chi connectivity index (χ2n) is 5.41. The Morgan fingerprint density at radius 1 is 1.44 bits per heavy atom. The van der Waals surface area contributed by atoms with Crippen LogP contribution in [0.5, 0.6) is 5.75 Å². The molecule has 16 heavy (non-hydrogen) atoms. The third-order valence-corrected chi connectivity index (χ3v) is 3.10. The lowest BCUT2D eigenvalue weighted by Crippen LogP contribution is -2.34. The van der Waals surface area contributed by atoms with Gasteiger partial charge in [-0.05, 0) is 38.3 Å². The highest BCUT2D eigenvalue weighted by molar-refractivity contribution is 5.64. The fraction of sp³-hybridized carbons (Fsp3) is 0.538. The summed E-state index contributed by atoms with van der Waals surface area (Å²) < 4.78 is 0. The van der Waals surface area contributed by atoms with Gasteiger partial charge in [-0.25, -0.2) is 0 Å². The average Bonchev–Trinajstić information content (AvgIpc) is 2.52. The number of phenolic OH excluding ortho intramolecular Hbond substituents is 1. The number of benzene rings is 1. The summed E-state index contributed by atoms with van der Waals surface area (Å²) >= 11 is 0. The maximum atomic E-state index is 10.2. The first kappa shape index (κ1) is 11.3. The molecule has 2 rings (SSSR count). The Morgan fingerprint density at radius 3 is 2.75 bits per heavy atom. The third kappa shape index (κ3) is 2.00. The first-order valence-electron chi connectivity index (χ1n) is 5.72. The number of likely N-dealkylation sites (N-methyl/N-ethyl adjacent to an activating group) is 1. The largest absolute Gasteiger partial charge is 0.507 e. The lowest BCUT2D eigenvalue weighted by Gasteiger charge is -2.20. The summed E-state index contributed by atoms with van der Waals surface area (Å²) in [5, 5.41) is 10.2. The highest BCUT2D eigenvalue weighted by atomic mass is 16.3. The summed E-state index contributed by atoms with van der Waals surface area (Å²) in [6.45, 7) is 4.94. The molecule has 0 spiro atoms. The maximum absolute atomic E-state index is 10.2. The molecule has 0 aromatic heterocycles. The van der Waals surface area contributed by atoms with Gasteiger partial charge in [-0.15, -0.1) is 0 Å². The Bertz CT molecular complexity index is 407. The molecule has 3 heteroatoms. The molecule has 0 unspecified atom stereocenters. The Morgan fingerprint density at radius 2 is 2.12 bits per heavy atom. The van der Waals surface area contributed by atoms with E-state index < -0.39 is 0 Å². The normalized spacial score (nSPS) is 15.4. The number of hydrogen-bond donors (Lipinski definition) is 2. The first-order chi connectivity index (χ1) is 7.38. The van der Waals surface area contributed by atoms with Gasteiger partial charge in [0.1, 0.15) is 5.75 Å².